The molecule has 0 bridgehead atoms. The molecular weight excluding hydrogens is 300 g/mol. The average molecular weight is 341 g/mol. The van der Waals surface area contributed by atoms with E-state index in [9.17, 15) is 9.59 Å². The third kappa shape index (κ3) is 10.1. The van der Waals surface area contributed by atoms with Gasteiger partial charge in [0.05, 0.1) is 0 Å². The van der Waals surface area contributed by atoms with Crippen LogP contribution in [0, 0.1) is 5.92 Å². The maximum atomic E-state index is 12.1. The van der Waals surface area contributed by atoms with Gasteiger partial charge in [-0.3, -0.25) is 9.59 Å². The van der Waals surface area contributed by atoms with Crippen LogP contribution in [0.4, 0.5) is 0 Å². The Labute approximate surface area is 149 Å². The van der Waals surface area contributed by atoms with Gasteiger partial charge in [0.1, 0.15) is 5.78 Å². The highest BCUT2D eigenvalue weighted by Gasteiger charge is 2.20. The van der Waals surface area contributed by atoms with Gasteiger partial charge in [0.25, 0.3) is 0 Å². The largest absolute Gasteiger partial charge is 0.343 e. The van der Waals surface area contributed by atoms with E-state index in [0.717, 1.165) is 64.5 Å². The number of carbonyl (C=O) groups is 2. The molecule has 1 fully saturated rings. The van der Waals surface area contributed by atoms with E-state index in [2.05, 4.69) is 5.32 Å². The first-order valence-corrected chi connectivity index (χ1v) is 10.0. The van der Waals surface area contributed by atoms with Crippen LogP contribution >= 0.6 is 0 Å². The number of rotatable bonds is 10. The van der Waals surface area contributed by atoms with E-state index in [0.29, 0.717) is 24.2 Å². The second-order valence-electron chi connectivity index (χ2n) is 6.83. The first-order chi connectivity index (χ1) is 11.5. The average Bonchev–Trinajstić information content (AvgIpc) is 2.62. The van der Waals surface area contributed by atoms with Gasteiger partial charge in [0.15, 0.2) is 0 Å². The maximum absolute atomic E-state index is 12.1. The smallest absolute Gasteiger partial charge is 0.222 e. The molecule has 1 N–H and O–H groups in total. The molecule has 4 nitrogen and oxygen atoms in total. The number of hydrogen-bond acceptors (Lipinski definition) is 3. The zero-order valence-electron chi connectivity index (χ0n) is 16.7. The molecule has 0 aliphatic carbocycles. The van der Waals surface area contributed by atoms with Crippen LogP contribution in [0.15, 0.2) is 0 Å². The van der Waals surface area contributed by atoms with E-state index in [1.54, 1.807) is 0 Å². The highest BCUT2D eigenvalue weighted by molar-refractivity contribution is 5.80. The number of nitrogens with one attached hydrogen (secondary N) is 1. The third-order valence-electron chi connectivity index (χ3n) is 4.71. The van der Waals surface area contributed by atoms with Crippen LogP contribution in [0.3, 0.4) is 0 Å². The first kappa shape index (κ1) is 23.1. The SMILES string of the molecule is CC.CNC1CCN(C(=O)CCCCCCCC(=O)C(C)C)CC1. The Morgan fingerprint density at radius 1 is 0.958 bits per heavy atom. The minimum absolute atomic E-state index is 0.171. The van der Waals surface area contributed by atoms with E-state index in [1.807, 2.05) is 39.6 Å². The fourth-order valence-electron chi connectivity index (χ4n) is 2.97. The molecule has 4 heteroatoms. The number of Topliss-reactive ketones (excluding diaryl/α,β-unsaturated/α-hetero) is 1. The highest BCUT2D eigenvalue weighted by Crippen LogP contribution is 2.14. The van der Waals surface area contributed by atoms with Gasteiger partial charge in [-0.2, -0.15) is 0 Å². The molecule has 0 radical (unpaired) electrons. The van der Waals surface area contributed by atoms with Crippen molar-refractivity contribution in [2.75, 3.05) is 20.1 Å². The summed E-state index contributed by atoms with van der Waals surface area (Å²) in [5.41, 5.74) is 0. The number of unbranched alkanes of at least 4 members (excludes halogenated alkanes) is 4. The lowest BCUT2D eigenvalue weighted by atomic mass is 10.0. The number of hydrogen-bond donors (Lipinski definition) is 1. The predicted molar refractivity (Wildman–Crippen MR) is 102 cm³/mol. The van der Waals surface area contributed by atoms with Crippen LogP contribution in [0.2, 0.25) is 0 Å². The zero-order chi connectivity index (χ0) is 18.4. The van der Waals surface area contributed by atoms with Gasteiger partial charge in [-0.25, -0.2) is 0 Å². The van der Waals surface area contributed by atoms with Gasteiger partial charge < -0.3 is 10.2 Å². The van der Waals surface area contributed by atoms with E-state index in [1.165, 1.54) is 0 Å². The van der Waals surface area contributed by atoms with Crippen molar-refractivity contribution in [1.82, 2.24) is 10.2 Å². The molecule has 0 unspecified atom stereocenters. The van der Waals surface area contributed by atoms with E-state index >= 15 is 0 Å². The molecule has 1 saturated heterocycles. The Morgan fingerprint density at radius 3 is 1.96 bits per heavy atom. The van der Waals surface area contributed by atoms with Gasteiger partial charge >= 0.3 is 0 Å². The summed E-state index contributed by atoms with van der Waals surface area (Å²) in [5.74, 6) is 0.870. The molecule has 142 valence electrons. The fraction of sp³-hybridized carbons (Fsp3) is 0.900. The van der Waals surface area contributed by atoms with Crippen molar-refractivity contribution in [3.05, 3.63) is 0 Å². The van der Waals surface area contributed by atoms with Gasteiger partial charge in [-0.1, -0.05) is 47.0 Å². The van der Waals surface area contributed by atoms with Crippen LogP contribution in [-0.2, 0) is 9.59 Å². The summed E-state index contributed by atoms with van der Waals surface area (Å²) < 4.78 is 0. The van der Waals surface area contributed by atoms with E-state index < -0.39 is 0 Å². The van der Waals surface area contributed by atoms with Crippen LogP contribution in [0.1, 0.15) is 85.5 Å². The van der Waals surface area contributed by atoms with Crippen molar-refractivity contribution in [2.24, 2.45) is 5.92 Å². The standard InChI is InChI=1S/C18H34N2O2.C2H6/c1-15(2)17(21)9-7-5-4-6-8-10-18(22)20-13-11-16(19-3)12-14-20;1-2/h15-16,19H,4-14H2,1-3H3;1-2H3. The lowest BCUT2D eigenvalue weighted by Crippen LogP contribution is -2.43. The minimum atomic E-state index is 0.171. The van der Waals surface area contributed by atoms with Gasteiger partial charge in [-0.15, -0.1) is 0 Å². The number of carbonyl (C=O) groups excluding carboxylic acids is 2. The quantitative estimate of drug-likeness (QED) is 0.607. The molecule has 1 aliphatic rings. The molecule has 1 heterocycles. The Hall–Kier alpha value is -0.900. The lowest BCUT2D eigenvalue weighted by molar-refractivity contribution is -0.132. The van der Waals surface area contributed by atoms with Crippen LogP contribution < -0.4 is 5.32 Å². The Bertz CT molecular complexity index is 335. The van der Waals surface area contributed by atoms with Crippen molar-refractivity contribution in [3.8, 4) is 0 Å². The molecule has 0 aromatic heterocycles. The summed E-state index contributed by atoms with van der Waals surface area (Å²) in [5, 5.41) is 3.29. The summed E-state index contributed by atoms with van der Waals surface area (Å²) in [6, 6.07) is 0.581. The molecular formula is C20H40N2O2. The number of likely N-dealkylation sites (tertiary alicyclic amines) is 1. The molecule has 1 rings (SSSR count). The van der Waals surface area contributed by atoms with Gasteiger partial charge in [0.2, 0.25) is 5.91 Å². The summed E-state index contributed by atoms with van der Waals surface area (Å²) in [7, 11) is 2.00. The van der Waals surface area contributed by atoms with Crippen molar-refractivity contribution in [3.63, 3.8) is 0 Å². The van der Waals surface area contributed by atoms with Crippen molar-refractivity contribution in [2.45, 2.75) is 91.5 Å². The van der Waals surface area contributed by atoms with E-state index in [4.69, 9.17) is 0 Å². The molecule has 0 aromatic rings. The molecule has 0 atom stereocenters. The summed E-state index contributed by atoms with van der Waals surface area (Å²) >= 11 is 0. The second kappa shape index (κ2) is 14.4. The molecule has 0 aromatic carbocycles. The highest BCUT2D eigenvalue weighted by atomic mass is 16.2. The second-order valence-corrected chi connectivity index (χ2v) is 6.83. The maximum Gasteiger partial charge on any atom is 0.222 e. The normalized spacial score (nSPS) is 15.2. The number of piperidine rings is 1. The summed E-state index contributed by atoms with van der Waals surface area (Å²) in [6.07, 6.45) is 8.91. The Balaban J connectivity index is 0.00000254. The third-order valence-corrected chi connectivity index (χ3v) is 4.71. The molecule has 1 aliphatic heterocycles. The van der Waals surface area contributed by atoms with Crippen molar-refractivity contribution in [1.29, 1.82) is 0 Å². The molecule has 0 saturated carbocycles. The molecule has 0 spiro atoms. The van der Waals surface area contributed by atoms with Crippen molar-refractivity contribution >= 4 is 11.7 Å². The van der Waals surface area contributed by atoms with Gasteiger partial charge in [0, 0.05) is 37.9 Å². The van der Waals surface area contributed by atoms with Gasteiger partial charge in [-0.05, 0) is 32.7 Å². The van der Waals surface area contributed by atoms with Crippen LogP contribution in [-0.4, -0.2) is 42.8 Å². The Morgan fingerprint density at radius 2 is 1.46 bits per heavy atom. The lowest BCUT2D eigenvalue weighted by Gasteiger charge is -2.31. The molecule has 1 amide bonds. The number of amides is 1. The van der Waals surface area contributed by atoms with Crippen LogP contribution in [0.25, 0.3) is 0 Å². The summed E-state index contributed by atoms with van der Waals surface area (Å²) in [6.45, 7) is 9.74. The van der Waals surface area contributed by atoms with Crippen molar-refractivity contribution < 1.29 is 9.59 Å². The summed E-state index contributed by atoms with van der Waals surface area (Å²) in [4.78, 5) is 25.6. The fourth-order valence-corrected chi connectivity index (χ4v) is 2.97. The minimum Gasteiger partial charge on any atom is -0.343 e. The monoisotopic (exact) mass is 340 g/mol. The predicted octanol–water partition coefficient (Wildman–Crippen LogP) is 4.18. The number of ketones is 1. The van der Waals surface area contributed by atoms with E-state index in [-0.39, 0.29) is 5.92 Å². The topological polar surface area (TPSA) is 49.4 Å². The Kier molecular flexibility index (Phi) is 13.9. The number of nitrogens with zero attached hydrogens (tertiary/aromatic N) is 1. The molecule has 24 heavy (non-hydrogen) atoms. The zero-order valence-corrected chi connectivity index (χ0v) is 16.7. The van der Waals surface area contributed by atoms with Crippen LogP contribution in [0.5, 0.6) is 0 Å². The first-order valence-electron chi connectivity index (χ1n) is 10.0.